The SMILES string of the molecule is CC(=O)Nc1c(C)cc(C(C)(C)C)cc1C. The van der Waals surface area contributed by atoms with Gasteiger partial charge in [0.2, 0.25) is 5.91 Å². The van der Waals surface area contributed by atoms with Crippen molar-refractivity contribution in [3.8, 4) is 0 Å². The Kier molecular flexibility index (Phi) is 3.41. The zero-order valence-electron chi connectivity index (χ0n) is 11.1. The molecule has 0 aliphatic rings. The molecule has 0 saturated heterocycles. The van der Waals surface area contributed by atoms with Crippen LogP contribution < -0.4 is 5.32 Å². The van der Waals surface area contributed by atoms with Crippen LogP contribution in [0.1, 0.15) is 44.4 Å². The van der Waals surface area contributed by atoms with E-state index in [0.29, 0.717) is 0 Å². The summed E-state index contributed by atoms with van der Waals surface area (Å²) in [5, 5.41) is 2.88. The van der Waals surface area contributed by atoms with E-state index in [1.165, 1.54) is 12.5 Å². The van der Waals surface area contributed by atoms with Gasteiger partial charge in [-0.05, 0) is 36.0 Å². The average molecular weight is 219 g/mol. The first-order valence-corrected chi connectivity index (χ1v) is 5.61. The summed E-state index contributed by atoms with van der Waals surface area (Å²) in [6.45, 7) is 12.2. The van der Waals surface area contributed by atoms with Crippen molar-refractivity contribution in [2.45, 2.75) is 47.0 Å². The molecule has 2 heteroatoms. The minimum atomic E-state index is -0.0188. The average Bonchev–Trinajstić information content (AvgIpc) is 2.09. The van der Waals surface area contributed by atoms with Gasteiger partial charge >= 0.3 is 0 Å². The Labute approximate surface area is 98.1 Å². The van der Waals surface area contributed by atoms with Crippen molar-refractivity contribution in [1.29, 1.82) is 0 Å². The molecular formula is C14H21NO. The first-order chi connectivity index (χ1) is 7.21. The van der Waals surface area contributed by atoms with Crippen molar-refractivity contribution in [1.82, 2.24) is 0 Å². The lowest BCUT2D eigenvalue weighted by Crippen LogP contribution is -2.14. The predicted octanol–water partition coefficient (Wildman–Crippen LogP) is 3.56. The molecule has 88 valence electrons. The van der Waals surface area contributed by atoms with E-state index in [1.54, 1.807) is 0 Å². The monoisotopic (exact) mass is 219 g/mol. The summed E-state index contributed by atoms with van der Waals surface area (Å²) >= 11 is 0. The van der Waals surface area contributed by atoms with Crippen molar-refractivity contribution in [3.63, 3.8) is 0 Å². The molecule has 1 aromatic carbocycles. The molecule has 0 saturated carbocycles. The van der Waals surface area contributed by atoms with Gasteiger partial charge in [-0.25, -0.2) is 0 Å². The van der Waals surface area contributed by atoms with Gasteiger partial charge in [0, 0.05) is 12.6 Å². The van der Waals surface area contributed by atoms with E-state index in [9.17, 15) is 4.79 Å². The van der Waals surface area contributed by atoms with Crippen molar-refractivity contribution >= 4 is 11.6 Å². The molecule has 0 heterocycles. The van der Waals surface area contributed by atoms with E-state index in [2.05, 4.69) is 38.2 Å². The fourth-order valence-corrected chi connectivity index (χ4v) is 1.77. The summed E-state index contributed by atoms with van der Waals surface area (Å²) in [5.41, 5.74) is 4.64. The number of nitrogens with one attached hydrogen (secondary N) is 1. The van der Waals surface area contributed by atoms with Crippen LogP contribution in [0.2, 0.25) is 0 Å². The number of amides is 1. The number of rotatable bonds is 1. The predicted molar refractivity (Wildman–Crippen MR) is 68.9 cm³/mol. The third kappa shape index (κ3) is 2.84. The zero-order chi connectivity index (χ0) is 12.5. The van der Waals surface area contributed by atoms with Crippen LogP contribution in [0.5, 0.6) is 0 Å². The van der Waals surface area contributed by atoms with Crippen molar-refractivity contribution in [2.24, 2.45) is 0 Å². The van der Waals surface area contributed by atoms with E-state index in [1.807, 2.05) is 13.8 Å². The van der Waals surface area contributed by atoms with Gasteiger partial charge in [0.15, 0.2) is 0 Å². The van der Waals surface area contributed by atoms with Gasteiger partial charge in [0.25, 0.3) is 0 Å². The molecule has 0 unspecified atom stereocenters. The van der Waals surface area contributed by atoms with Crippen molar-refractivity contribution in [3.05, 3.63) is 28.8 Å². The standard InChI is InChI=1S/C14H21NO/c1-9-7-12(14(4,5)6)8-10(2)13(9)15-11(3)16/h7-8H,1-6H3,(H,15,16). The lowest BCUT2D eigenvalue weighted by atomic mass is 9.85. The Balaban J connectivity index is 3.23. The molecule has 0 fully saturated rings. The summed E-state index contributed by atoms with van der Waals surface area (Å²) in [5.74, 6) is -0.0188. The van der Waals surface area contributed by atoms with Crippen LogP contribution in [-0.4, -0.2) is 5.91 Å². The second-order valence-corrected chi connectivity index (χ2v) is 5.42. The molecule has 2 nitrogen and oxygen atoms in total. The highest BCUT2D eigenvalue weighted by Crippen LogP contribution is 2.29. The van der Waals surface area contributed by atoms with Gasteiger partial charge in [-0.2, -0.15) is 0 Å². The normalized spacial score (nSPS) is 11.4. The zero-order valence-corrected chi connectivity index (χ0v) is 11.1. The van der Waals surface area contributed by atoms with Gasteiger partial charge in [-0.15, -0.1) is 0 Å². The highest BCUT2D eigenvalue weighted by molar-refractivity contribution is 5.90. The Morgan fingerprint density at radius 1 is 1.12 bits per heavy atom. The molecule has 0 aromatic heterocycles. The Morgan fingerprint density at radius 2 is 1.56 bits per heavy atom. The van der Waals surface area contributed by atoms with Crippen LogP contribution in [0.4, 0.5) is 5.69 Å². The molecule has 0 bridgehead atoms. The number of hydrogen-bond acceptors (Lipinski definition) is 1. The van der Waals surface area contributed by atoms with Crippen molar-refractivity contribution in [2.75, 3.05) is 5.32 Å². The Bertz CT molecular complexity index is 390. The Hall–Kier alpha value is -1.31. The largest absolute Gasteiger partial charge is 0.326 e. The van der Waals surface area contributed by atoms with Gasteiger partial charge < -0.3 is 5.32 Å². The maximum Gasteiger partial charge on any atom is 0.221 e. The summed E-state index contributed by atoms with van der Waals surface area (Å²) in [6, 6.07) is 4.30. The minimum Gasteiger partial charge on any atom is -0.326 e. The molecule has 1 N–H and O–H groups in total. The highest BCUT2D eigenvalue weighted by Gasteiger charge is 2.16. The fourth-order valence-electron chi connectivity index (χ4n) is 1.77. The number of carbonyl (C=O) groups is 1. The van der Waals surface area contributed by atoms with E-state index in [0.717, 1.165) is 16.8 Å². The Morgan fingerprint density at radius 3 is 1.88 bits per heavy atom. The molecule has 0 atom stereocenters. The molecular weight excluding hydrogens is 198 g/mol. The van der Waals surface area contributed by atoms with Gasteiger partial charge in [-0.1, -0.05) is 32.9 Å². The number of carbonyl (C=O) groups excluding carboxylic acids is 1. The molecule has 1 rings (SSSR count). The molecule has 0 aliphatic heterocycles. The van der Waals surface area contributed by atoms with Crippen LogP contribution in [0.15, 0.2) is 12.1 Å². The topological polar surface area (TPSA) is 29.1 Å². The summed E-state index contributed by atoms with van der Waals surface area (Å²) < 4.78 is 0. The second kappa shape index (κ2) is 4.28. The third-order valence-electron chi connectivity index (χ3n) is 2.70. The van der Waals surface area contributed by atoms with Crippen LogP contribution in [0.3, 0.4) is 0 Å². The third-order valence-corrected chi connectivity index (χ3v) is 2.70. The second-order valence-electron chi connectivity index (χ2n) is 5.42. The number of anilines is 1. The lowest BCUT2D eigenvalue weighted by Gasteiger charge is -2.22. The van der Waals surface area contributed by atoms with Crippen LogP contribution >= 0.6 is 0 Å². The van der Waals surface area contributed by atoms with Gasteiger partial charge in [-0.3, -0.25) is 4.79 Å². The summed E-state index contributed by atoms with van der Waals surface area (Å²) in [6.07, 6.45) is 0. The van der Waals surface area contributed by atoms with E-state index in [-0.39, 0.29) is 11.3 Å². The minimum absolute atomic E-state index is 0.0188. The molecule has 0 aliphatic carbocycles. The van der Waals surface area contributed by atoms with Crippen molar-refractivity contribution < 1.29 is 4.79 Å². The van der Waals surface area contributed by atoms with Gasteiger partial charge in [0.1, 0.15) is 0 Å². The van der Waals surface area contributed by atoms with Crippen LogP contribution in [0.25, 0.3) is 0 Å². The molecule has 0 radical (unpaired) electrons. The van der Waals surface area contributed by atoms with E-state index >= 15 is 0 Å². The maximum atomic E-state index is 11.1. The number of benzene rings is 1. The molecule has 16 heavy (non-hydrogen) atoms. The molecule has 0 spiro atoms. The summed E-state index contributed by atoms with van der Waals surface area (Å²) in [7, 11) is 0. The van der Waals surface area contributed by atoms with Crippen LogP contribution in [-0.2, 0) is 10.2 Å². The summed E-state index contributed by atoms with van der Waals surface area (Å²) in [4.78, 5) is 11.1. The maximum absolute atomic E-state index is 11.1. The molecule has 1 aromatic rings. The first-order valence-electron chi connectivity index (χ1n) is 5.61. The fraction of sp³-hybridized carbons (Fsp3) is 0.500. The first kappa shape index (κ1) is 12.8. The molecule has 1 amide bonds. The smallest absolute Gasteiger partial charge is 0.221 e. The van der Waals surface area contributed by atoms with E-state index < -0.39 is 0 Å². The quantitative estimate of drug-likeness (QED) is 0.768. The van der Waals surface area contributed by atoms with Gasteiger partial charge in [0.05, 0.1) is 0 Å². The van der Waals surface area contributed by atoms with Crippen LogP contribution in [0, 0.1) is 13.8 Å². The lowest BCUT2D eigenvalue weighted by molar-refractivity contribution is -0.114. The number of hydrogen-bond donors (Lipinski definition) is 1. The number of aryl methyl sites for hydroxylation is 2. The van der Waals surface area contributed by atoms with E-state index in [4.69, 9.17) is 0 Å². The highest BCUT2D eigenvalue weighted by atomic mass is 16.1.